The Hall–Kier alpha value is -0.000000000000000111. The fourth-order valence-corrected chi connectivity index (χ4v) is 0.860. The molecule has 0 bridgehead atoms. The Morgan fingerprint density at radius 1 is 1.00 bits per heavy atom. The van der Waals surface area contributed by atoms with Crippen molar-refractivity contribution in [2.75, 3.05) is 0 Å². The van der Waals surface area contributed by atoms with Crippen LogP contribution in [-0.4, -0.2) is 11.4 Å². The fourth-order valence-electron chi connectivity index (χ4n) is 0.424. The van der Waals surface area contributed by atoms with E-state index in [0.717, 1.165) is 0 Å². The van der Waals surface area contributed by atoms with Gasteiger partial charge in [0.2, 0.25) is 10.4 Å². The van der Waals surface area contributed by atoms with Crippen LogP contribution in [0.2, 0.25) is 0 Å². The van der Waals surface area contributed by atoms with Gasteiger partial charge in [-0.3, -0.25) is 0 Å². The molecule has 12 heavy (non-hydrogen) atoms. The van der Waals surface area contributed by atoms with Crippen LogP contribution in [0, 0.1) is 0 Å². The van der Waals surface area contributed by atoms with Crippen molar-refractivity contribution in [2.45, 2.75) is 11.4 Å². The van der Waals surface area contributed by atoms with Crippen LogP contribution in [0.1, 0.15) is 0 Å². The Bertz CT molecular complexity index is 216. The largest absolute Gasteiger partial charge is 0.489 e. The quantitative estimate of drug-likeness (QED) is 0.609. The van der Waals surface area contributed by atoms with Gasteiger partial charge in [0, 0.05) is 0 Å². The molecule has 1 aliphatic rings. The van der Waals surface area contributed by atoms with Gasteiger partial charge in [0.05, 0.1) is 0 Å². The zero-order valence-electron chi connectivity index (χ0n) is 5.08. The van der Waals surface area contributed by atoms with Crippen LogP contribution < -0.4 is 0 Å². The molecular formula is C4Cl3F3O2. The summed E-state index contributed by atoms with van der Waals surface area (Å²) < 4.78 is 44.6. The maximum Gasteiger partial charge on any atom is 0.489 e. The smallest absolute Gasteiger partial charge is 0.421 e. The third-order valence-electron chi connectivity index (χ3n) is 0.929. The van der Waals surface area contributed by atoms with Gasteiger partial charge < -0.3 is 9.47 Å². The van der Waals surface area contributed by atoms with E-state index in [-0.39, 0.29) is 0 Å². The highest BCUT2D eigenvalue weighted by molar-refractivity contribution is 6.38. The maximum atomic E-state index is 12.6. The van der Waals surface area contributed by atoms with Crippen LogP contribution in [0.3, 0.4) is 0 Å². The molecular weight excluding hydrogens is 243 g/mol. The van der Waals surface area contributed by atoms with Crippen LogP contribution in [0.15, 0.2) is 10.4 Å². The number of hydrogen-bond donors (Lipinski definition) is 0. The molecule has 1 aliphatic heterocycles. The number of rotatable bonds is 0. The molecule has 0 radical (unpaired) electrons. The van der Waals surface area contributed by atoms with E-state index in [1.807, 2.05) is 0 Å². The summed E-state index contributed by atoms with van der Waals surface area (Å²) in [5.74, 6) is 0. The average molecular weight is 243 g/mol. The van der Waals surface area contributed by atoms with Crippen LogP contribution in [0.5, 0.6) is 0 Å². The van der Waals surface area contributed by atoms with Crippen LogP contribution >= 0.6 is 34.8 Å². The first-order valence-electron chi connectivity index (χ1n) is 2.45. The first-order chi connectivity index (χ1) is 5.26. The third kappa shape index (κ3) is 1.53. The molecule has 1 atom stereocenters. The summed E-state index contributed by atoms with van der Waals surface area (Å²) in [7, 11) is 0. The first kappa shape index (κ1) is 10.1. The zero-order chi connectivity index (χ0) is 9.57. The van der Waals surface area contributed by atoms with E-state index >= 15 is 0 Å². The summed E-state index contributed by atoms with van der Waals surface area (Å²) in [6.45, 7) is 0. The van der Waals surface area contributed by atoms with E-state index in [1.54, 1.807) is 0 Å². The second-order valence-electron chi connectivity index (χ2n) is 1.79. The van der Waals surface area contributed by atoms with Crippen LogP contribution in [-0.2, 0) is 9.47 Å². The molecule has 0 aromatic carbocycles. The summed E-state index contributed by atoms with van der Waals surface area (Å²) in [6, 6.07) is 0. The lowest BCUT2D eigenvalue weighted by Crippen LogP contribution is -2.45. The minimum absolute atomic E-state index is 0.861. The number of halogens is 6. The Morgan fingerprint density at radius 2 is 1.42 bits per heavy atom. The second-order valence-corrected chi connectivity index (χ2v) is 2.96. The molecule has 0 aromatic rings. The molecule has 0 N–H and O–H groups in total. The molecule has 1 rings (SSSR count). The molecule has 0 unspecified atom stereocenters. The average Bonchev–Trinajstić information content (AvgIpc) is 1.82. The molecule has 0 amide bonds. The van der Waals surface area contributed by atoms with E-state index in [0.29, 0.717) is 0 Å². The SMILES string of the molecule is FC1(F)OC(Cl)=C(Cl)O[C@@]1(F)Cl. The number of alkyl halides is 4. The van der Waals surface area contributed by atoms with Crippen LogP contribution in [0.4, 0.5) is 13.2 Å². The number of hydrogen-bond acceptors (Lipinski definition) is 2. The van der Waals surface area contributed by atoms with Crippen molar-refractivity contribution in [3.8, 4) is 0 Å². The molecule has 0 aromatic heterocycles. The highest BCUT2D eigenvalue weighted by Gasteiger charge is 2.63. The normalized spacial score (nSPS) is 34.2. The van der Waals surface area contributed by atoms with Gasteiger partial charge >= 0.3 is 11.4 Å². The number of ether oxygens (including phenoxy) is 2. The topological polar surface area (TPSA) is 18.5 Å². The Labute approximate surface area is 79.8 Å². The molecule has 0 spiro atoms. The van der Waals surface area contributed by atoms with Gasteiger partial charge in [-0.2, -0.15) is 13.2 Å². The summed E-state index contributed by atoms with van der Waals surface area (Å²) in [6.07, 6.45) is -4.37. The summed E-state index contributed by atoms with van der Waals surface area (Å²) in [5.41, 5.74) is 0. The lowest BCUT2D eigenvalue weighted by molar-refractivity contribution is -0.337. The fraction of sp³-hybridized carbons (Fsp3) is 0.500. The predicted molar refractivity (Wildman–Crippen MR) is 35.5 cm³/mol. The summed E-state index contributed by atoms with van der Waals surface area (Å²) in [5, 5.41) is -5.64. The highest BCUT2D eigenvalue weighted by atomic mass is 35.5. The minimum atomic E-state index is -4.37. The Morgan fingerprint density at radius 3 is 1.83 bits per heavy atom. The Kier molecular flexibility index (Phi) is 2.31. The van der Waals surface area contributed by atoms with E-state index in [9.17, 15) is 13.2 Å². The third-order valence-corrected chi connectivity index (χ3v) is 1.82. The maximum absolute atomic E-state index is 12.6. The molecule has 70 valence electrons. The Balaban J connectivity index is 3.00. The highest BCUT2D eigenvalue weighted by Crippen LogP contribution is 2.47. The minimum Gasteiger partial charge on any atom is -0.421 e. The second kappa shape index (κ2) is 2.75. The van der Waals surface area contributed by atoms with E-state index < -0.39 is 21.9 Å². The van der Waals surface area contributed by atoms with Gasteiger partial charge in [-0.05, 0) is 34.8 Å². The van der Waals surface area contributed by atoms with Gasteiger partial charge in [-0.15, -0.1) is 0 Å². The lowest BCUT2D eigenvalue weighted by atomic mass is 10.6. The van der Waals surface area contributed by atoms with Gasteiger partial charge in [-0.1, -0.05) is 0 Å². The van der Waals surface area contributed by atoms with Crippen LogP contribution in [0.25, 0.3) is 0 Å². The lowest BCUT2D eigenvalue weighted by Gasteiger charge is -2.30. The summed E-state index contributed by atoms with van der Waals surface area (Å²) in [4.78, 5) is 0. The van der Waals surface area contributed by atoms with Gasteiger partial charge in [0.25, 0.3) is 0 Å². The summed E-state index contributed by atoms with van der Waals surface area (Å²) >= 11 is 14.6. The van der Waals surface area contributed by atoms with Crippen molar-refractivity contribution in [3.63, 3.8) is 0 Å². The molecule has 0 aliphatic carbocycles. The predicted octanol–water partition coefficient (Wildman–Crippen LogP) is 3.09. The van der Waals surface area contributed by atoms with E-state index in [2.05, 4.69) is 21.1 Å². The molecule has 8 heteroatoms. The first-order valence-corrected chi connectivity index (χ1v) is 3.58. The molecule has 0 fully saturated rings. The molecule has 0 saturated heterocycles. The van der Waals surface area contributed by atoms with Crippen molar-refractivity contribution in [1.82, 2.24) is 0 Å². The van der Waals surface area contributed by atoms with Crippen molar-refractivity contribution >= 4 is 34.8 Å². The van der Waals surface area contributed by atoms with Crippen molar-refractivity contribution in [1.29, 1.82) is 0 Å². The monoisotopic (exact) mass is 242 g/mol. The molecule has 0 saturated carbocycles. The van der Waals surface area contributed by atoms with E-state index in [4.69, 9.17) is 23.2 Å². The van der Waals surface area contributed by atoms with Crippen molar-refractivity contribution < 1.29 is 22.6 Å². The van der Waals surface area contributed by atoms with Gasteiger partial charge in [0.15, 0.2) is 0 Å². The molecule has 1 heterocycles. The van der Waals surface area contributed by atoms with Crippen molar-refractivity contribution in [3.05, 3.63) is 10.4 Å². The van der Waals surface area contributed by atoms with Gasteiger partial charge in [0.1, 0.15) is 0 Å². The zero-order valence-corrected chi connectivity index (χ0v) is 7.35. The molecule has 2 nitrogen and oxygen atoms in total. The van der Waals surface area contributed by atoms with Gasteiger partial charge in [-0.25, -0.2) is 0 Å². The van der Waals surface area contributed by atoms with Crippen molar-refractivity contribution in [2.24, 2.45) is 0 Å². The standard InChI is InChI=1S/C4Cl3F3O2/c5-1-2(6)12-4(9,10)3(7,8)11-1/t3-/m1/s1. The van der Waals surface area contributed by atoms with E-state index in [1.165, 1.54) is 0 Å².